The Kier molecular flexibility index (Phi) is 5.41. The van der Waals surface area contributed by atoms with Crippen molar-refractivity contribution in [3.8, 4) is 17.1 Å². The number of benzene rings is 5. The van der Waals surface area contributed by atoms with E-state index in [0.29, 0.717) is 5.95 Å². The first-order chi connectivity index (χ1) is 18.9. The van der Waals surface area contributed by atoms with Gasteiger partial charge in [0.25, 0.3) is 0 Å². The predicted molar refractivity (Wildman–Crippen MR) is 156 cm³/mol. The Labute approximate surface area is 221 Å². The summed E-state index contributed by atoms with van der Waals surface area (Å²) in [4.78, 5) is 11.3. The van der Waals surface area contributed by atoms with Crippen molar-refractivity contribution < 1.29 is 0 Å². The normalized spacial score (nSPS) is 11.2. The van der Waals surface area contributed by atoms with E-state index in [9.17, 15) is 0 Å². The lowest BCUT2D eigenvalue weighted by molar-refractivity contribution is 0.988. The maximum Gasteiger partial charge on any atom is 0.234 e. The Hall–Kier alpha value is -5.22. The van der Waals surface area contributed by atoms with E-state index in [4.69, 9.17) is 0 Å². The topological polar surface area (TPSA) is 34.0 Å². The minimum Gasteiger partial charge on any atom is -0.311 e. The third kappa shape index (κ3) is 3.80. The molecular formula is C34H24N4. The van der Waals surface area contributed by atoms with Crippen LogP contribution >= 0.6 is 0 Å². The van der Waals surface area contributed by atoms with E-state index in [-0.39, 0.29) is 0 Å². The number of aromatic nitrogens is 3. The molecule has 7 rings (SSSR count). The lowest BCUT2D eigenvalue weighted by Gasteiger charge is -2.25. The number of anilines is 3. The summed E-state index contributed by atoms with van der Waals surface area (Å²) < 4.78 is 2.13. The summed E-state index contributed by atoms with van der Waals surface area (Å²) in [6.07, 6.45) is 3.57. The fourth-order valence-electron chi connectivity index (χ4n) is 5.18. The molecule has 2 aromatic heterocycles. The number of hydrogen-bond acceptors (Lipinski definition) is 3. The van der Waals surface area contributed by atoms with Gasteiger partial charge in [0.1, 0.15) is 0 Å². The second kappa shape index (κ2) is 9.34. The molecule has 5 aromatic carbocycles. The molecule has 0 spiro atoms. The smallest absolute Gasteiger partial charge is 0.234 e. The second-order valence-corrected chi connectivity index (χ2v) is 9.19. The molecular weight excluding hydrogens is 464 g/mol. The van der Waals surface area contributed by atoms with Crippen LogP contribution in [0.1, 0.15) is 0 Å². The molecule has 0 unspecified atom stereocenters. The van der Waals surface area contributed by atoms with Gasteiger partial charge in [0.15, 0.2) is 0 Å². The number of fused-ring (bicyclic) bond motifs is 3. The lowest BCUT2D eigenvalue weighted by Crippen LogP contribution is -2.09. The highest BCUT2D eigenvalue weighted by Gasteiger charge is 2.15. The average Bonchev–Trinajstić information content (AvgIpc) is 3.33. The molecule has 0 bridgehead atoms. The van der Waals surface area contributed by atoms with Gasteiger partial charge in [-0.1, -0.05) is 72.8 Å². The maximum atomic E-state index is 4.53. The number of para-hydroxylation sites is 3. The Morgan fingerprint density at radius 1 is 0.447 bits per heavy atom. The van der Waals surface area contributed by atoms with Gasteiger partial charge in [0.05, 0.1) is 11.0 Å². The monoisotopic (exact) mass is 488 g/mol. The molecule has 180 valence electrons. The van der Waals surface area contributed by atoms with Crippen LogP contribution in [-0.2, 0) is 0 Å². The first-order valence-corrected chi connectivity index (χ1v) is 12.7. The zero-order chi connectivity index (χ0) is 25.3. The van der Waals surface area contributed by atoms with Crippen molar-refractivity contribution in [1.29, 1.82) is 0 Å². The van der Waals surface area contributed by atoms with Gasteiger partial charge in [-0.2, -0.15) is 0 Å². The molecule has 0 aliphatic rings. The van der Waals surface area contributed by atoms with E-state index < -0.39 is 0 Å². The van der Waals surface area contributed by atoms with Gasteiger partial charge in [-0.05, 0) is 71.8 Å². The molecule has 0 fully saturated rings. The van der Waals surface area contributed by atoms with Crippen LogP contribution < -0.4 is 4.90 Å². The standard InChI is InChI=1S/C34H24N4/c1-3-10-27(11-4-1)37(28-12-5-2-6-13-28)29-19-16-25(17-20-29)26-18-21-33-31(24-26)30-14-7-8-15-32(30)38(33)34-35-22-9-23-36-34/h1-24H. The fourth-order valence-corrected chi connectivity index (χ4v) is 5.18. The van der Waals surface area contributed by atoms with E-state index in [1.54, 1.807) is 12.4 Å². The van der Waals surface area contributed by atoms with Crippen LogP contribution in [0.4, 0.5) is 17.1 Å². The molecule has 0 aliphatic carbocycles. The van der Waals surface area contributed by atoms with Crippen molar-refractivity contribution in [2.75, 3.05) is 4.90 Å². The van der Waals surface area contributed by atoms with Gasteiger partial charge in [-0.3, -0.25) is 4.57 Å². The number of rotatable bonds is 5. The highest BCUT2D eigenvalue weighted by molar-refractivity contribution is 6.10. The van der Waals surface area contributed by atoms with E-state index in [2.05, 4.69) is 135 Å². The largest absolute Gasteiger partial charge is 0.311 e. The lowest BCUT2D eigenvalue weighted by atomic mass is 10.0. The van der Waals surface area contributed by atoms with E-state index in [1.807, 2.05) is 18.2 Å². The van der Waals surface area contributed by atoms with E-state index >= 15 is 0 Å². The summed E-state index contributed by atoms with van der Waals surface area (Å²) in [5.74, 6) is 0.678. The van der Waals surface area contributed by atoms with Crippen molar-refractivity contribution >= 4 is 38.9 Å². The molecule has 0 aliphatic heterocycles. The Balaban J connectivity index is 1.32. The van der Waals surface area contributed by atoms with Gasteiger partial charge in [0.2, 0.25) is 5.95 Å². The van der Waals surface area contributed by atoms with Crippen molar-refractivity contribution in [2.45, 2.75) is 0 Å². The molecule has 0 radical (unpaired) electrons. The minimum absolute atomic E-state index is 0.678. The molecule has 0 N–H and O–H groups in total. The highest BCUT2D eigenvalue weighted by Crippen LogP contribution is 2.37. The third-order valence-corrected chi connectivity index (χ3v) is 6.91. The van der Waals surface area contributed by atoms with Gasteiger partial charge in [0, 0.05) is 40.2 Å². The van der Waals surface area contributed by atoms with Crippen molar-refractivity contribution in [2.24, 2.45) is 0 Å². The first kappa shape index (κ1) is 22.0. The minimum atomic E-state index is 0.678. The first-order valence-electron chi connectivity index (χ1n) is 12.7. The Morgan fingerprint density at radius 3 is 1.68 bits per heavy atom. The number of hydrogen-bond donors (Lipinski definition) is 0. The van der Waals surface area contributed by atoms with Crippen molar-refractivity contribution in [1.82, 2.24) is 14.5 Å². The average molecular weight is 489 g/mol. The van der Waals surface area contributed by atoms with Crippen LogP contribution in [0, 0.1) is 0 Å². The van der Waals surface area contributed by atoms with Crippen molar-refractivity contribution in [3.63, 3.8) is 0 Å². The summed E-state index contributed by atoms with van der Waals surface area (Å²) in [5, 5.41) is 2.37. The Bertz CT molecular complexity index is 1800. The van der Waals surface area contributed by atoms with E-state index in [1.165, 1.54) is 21.9 Å². The quantitative estimate of drug-likeness (QED) is 0.243. The van der Waals surface area contributed by atoms with Crippen LogP contribution in [0.5, 0.6) is 0 Å². The SMILES string of the molecule is c1ccc(N(c2ccccc2)c2ccc(-c3ccc4c(c3)c3ccccc3n4-c3ncccn3)cc2)cc1. The van der Waals surface area contributed by atoms with Gasteiger partial charge in [-0.25, -0.2) is 9.97 Å². The van der Waals surface area contributed by atoms with Gasteiger partial charge >= 0.3 is 0 Å². The summed E-state index contributed by atoms with van der Waals surface area (Å²) in [5.41, 5.74) is 7.91. The van der Waals surface area contributed by atoms with Crippen molar-refractivity contribution in [3.05, 3.63) is 146 Å². The van der Waals surface area contributed by atoms with Gasteiger partial charge in [-0.15, -0.1) is 0 Å². The fraction of sp³-hybridized carbons (Fsp3) is 0. The molecule has 4 heteroatoms. The van der Waals surface area contributed by atoms with Crippen LogP contribution in [0.25, 0.3) is 38.9 Å². The predicted octanol–water partition coefficient (Wildman–Crippen LogP) is 8.71. The van der Waals surface area contributed by atoms with Crippen LogP contribution in [0.3, 0.4) is 0 Å². The summed E-state index contributed by atoms with van der Waals surface area (Å²) in [6, 6.07) is 46.7. The molecule has 7 aromatic rings. The van der Waals surface area contributed by atoms with E-state index in [0.717, 1.165) is 28.1 Å². The summed E-state index contributed by atoms with van der Waals surface area (Å²) in [7, 11) is 0. The molecule has 2 heterocycles. The zero-order valence-electron chi connectivity index (χ0n) is 20.6. The molecule has 0 saturated carbocycles. The molecule has 4 nitrogen and oxygen atoms in total. The van der Waals surface area contributed by atoms with Crippen LogP contribution in [0.2, 0.25) is 0 Å². The number of nitrogens with zero attached hydrogens (tertiary/aromatic N) is 4. The molecule has 0 saturated heterocycles. The second-order valence-electron chi connectivity index (χ2n) is 9.19. The highest BCUT2D eigenvalue weighted by atomic mass is 15.2. The Morgan fingerprint density at radius 2 is 1.00 bits per heavy atom. The van der Waals surface area contributed by atoms with Crippen LogP contribution in [0.15, 0.2) is 146 Å². The third-order valence-electron chi connectivity index (χ3n) is 6.91. The molecule has 0 amide bonds. The molecule has 38 heavy (non-hydrogen) atoms. The maximum absolute atomic E-state index is 4.53. The summed E-state index contributed by atoms with van der Waals surface area (Å²) >= 11 is 0. The zero-order valence-corrected chi connectivity index (χ0v) is 20.6. The van der Waals surface area contributed by atoms with Crippen LogP contribution in [-0.4, -0.2) is 14.5 Å². The molecule has 0 atom stereocenters. The summed E-state index contributed by atoms with van der Waals surface area (Å²) in [6.45, 7) is 0. The van der Waals surface area contributed by atoms with Gasteiger partial charge < -0.3 is 4.90 Å².